The van der Waals surface area contributed by atoms with E-state index in [9.17, 15) is 4.79 Å². The van der Waals surface area contributed by atoms with E-state index < -0.39 is 0 Å². The van der Waals surface area contributed by atoms with Crippen molar-refractivity contribution >= 4 is 11.6 Å². The molecule has 1 amide bonds. The van der Waals surface area contributed by atoms with Gasteiger partial charge in [-0.15, -0.1) is 0 Å². The van der Waals surface area contributed by atoms with E-state index in [1.54, 1.807) is 0 Å². The molecule has 2 atom stereocenters. The lowest BCUT2D eigenvalue weighted by molar-refractivity contribution is -0.132. The summed E-state index contributed by atoms with van der Waals surface area (Å²) in [6.45, 7) is 8.04. The first kappa shape index (κ1) is 16.3. The molecule has 2 unspecified atom stereocenters. The Morgan fingerprint density at radius 1 is 1.22 bits per heavy atom. The lowest BCUT2D eigenvalue weighted by Gasteiger charge is -2.37. The minimum Gasteiger partial charge on any atom is -0.368 e. The molecule has 2 aliphatic heterocycles. The summed E-state index contributed by atoms with van der Waals surface area (Å²) in [6, 6.07) is 10.5. The number of carbonyl (C=O) groups is 1. The number of hydrogen-bond acceptors (Lipinski definition) is 3. The molecule has 2 aliphatic rings. The number of rotatable bonds is 4. The largest absolute Gasteiger partial charge is 0.368 e. The maximum absolute atomic E-state index is 12.6. The molecule has 4 nitrogen and oxygen atoms in total. The minimum atomic E-state index is 0.343. The first-order valence-electron chi connectivity index (χ1n) is 9.02. The molecule has 23 heavy (non-hydrogen) atoms. The van der Waals surface area contributed by atoms with E-state index in [0.29, 0.717) is 24.2 Å². The van der Waals surface area contributed by atoms with Crippen LogP contribution in [0.15, 0.2) is 30.3 Å². The second-order valence-electron chi connectivity index (χ2n) is 6.99. The molecule has 4 heteroatoms. The number of piperazine rings is 1. The monoisotopic (exact) mass is 315 g/mol. The van der Waals surface area contributed by atoms with Crippen LogP contribution in [0.1, 0.15) is 26.2 Å². The highest BCUT2D eigenvalue weighted by atomic mass is 16.2. The van der Waals surface area contributed by atoms with Gasteiger partial charge in [0.2, 0.25) is 5.91 Å². The smallest absolute Gasteiger partial charge is 0.222 e. The Morgan fingerprint density at radius 3 is 2.61 bits per heavy atom. The van der Waals surface area contributed by atoms with Gasteiger partial charge in [-0.25, -0.2) is 0 Å². The minimum absolute atomic E-state index is 0.343. The molecule has 0 bridgehead atoms. The molecule has 2 fully saturated rings. The molecule has 126 valence electrons. The van der Waals surface area contributed by atoms with Gasteiger partial charge in [0.25, 0.3) is 0 Å². The van der Waals surface area contributed by atoms with E-state index in [2.05, 4.69) is 46.3 Å². The fraction of sp³-hybridized carbons (Fsp3) is 0.632. The molecule has 0 saturated carbocycles. The van der Waals surface area contributed by atoms with Crippen LogP contribution in [0.5, 0.6) is 0 Å². The van der Waals surface area contributed by atoms with Gasteiger partial charge in [-0.05, 0) is 49.9 Å². The predicted molar refractivity (Wildman–Crippen MR) is 94.6 cm³/mol. The van der Waals surface area contributed by atoms with E-state index in [1.807, 2.05) is 6.07 Å². The van der Waals surface area contributed by atoms with Crippen LogP contribution in [0.2, 0.25) is 0 Å². The number of nitrogens with zero attached hydrogens (tertiary/aromatic N) is 2. The molecule has 2 heterocycles. The molecule has 0 radical (unpaired) electrons. The highest BCUT2D eigenvalue weighted by Crippen LogP contribution is 2.24. The number of anilines is 1. The van der Waals surface area contributed by atoms with Crippen LogP contribution in [0.3, 0.4) is 0 Å². The van der Waals surface area contributed by atoms with Crippen molar-refractivity contribution in [3.8, 4) is 0 Å². The van der Waals surface area contributed by atoms with Crippen molar-refractivity contribution in [1.82, 2.24) is 10.2 Å². The van der Waals surface area contributed by atoms with Crippen molar-refractivity contribution < 1.29 is 4.79 Å². The first-order chi connectivity index (χ1) is 11.2. The summed E-state index contributed by atoms with van der Waals surface area (Å²) < 4.78 is 0. The summed E-state index contributed by atoms with van der Waals surface area (Å²) in [5.41, 5.74) is 1.27. The van der Waals surface area contributed by atoms with Crippen molar-refractivity contribution in [3.05, 3.63) is 30.3 Å². The van der Waals surface area contributed by atoms with Gasteiger partial charge in [0.15, 0.2) is 0 Å². The van der Waals surface area contributed by atoms with Gasteiger partial charge in [-0.2, -0.15) is 0 Å². The quantitative estimate of drug-likeness (QED) is 0.926. The fourth-order valence-electron chi connectivity index (χ4n) is 3.79. The summed E-state index contributed by atoms with van der Waals surface area (Å²) in [6.07, 6.45) is 3.22. The number of benzene rings is 1. The van der Waals surface area contributed by atoms with Crippen LogP contribution in [-0.2, 0) is 4.79 Å². The van der Waals surface area contributed by atoms with Crippen LogP contribution >= 0.6 is 0 Å². The number of nitrogens with one attached hydrogen (secondary N) is 1. The number of hydrogen-bond donors (Lipinski definition) is 1. The topological polar surface area (TPSA) is 35.6 Å². The molecule has 0 aromatic heterocycles. The van der Waals surface area contributed by atoms with Gasteiger partial charge < -0.3 is 15.1 Å². The summed E-state index contributed by atoms with van der Waals surface area (Å²) >= 11 is 0. The Hall–Kier alpha value is -1.55. The van der Waals surface area contributed by atoms with E-state index in [1.165, 1.54) is 18.5 Å². The summed E-state index contributed by atoms with van der Waals surface area (Å²) in [7, 11) is 0. The van der Waals surface area contributed by atoms with Gasteiger partial charge >= 0.3 is 0 Å². The Morgan fingerprint density at radius 2 is 1.96 bits per heavy atom. The van der Waals surface area contributed by atoms with E-state index in [4.69, 9.17) is 0 Å². The van der Waals surface area contributed by atoms with E-state index in [0.717, 1.165) is 39.3 Å². The van der Waals surface area contributed by atoms with Gasteiger partial charge in [-0.1, -0.05) is 25.1 Å². The van der Waals surface area contributed by atoms with Gasteiger partial charge in [0, 0.05) is 38.3 Å². The molecular weight excluding hydrogens is 286 g/mol. The van der Waals surface area contributed by atoms with Crippen LogP contribution < -0.4 is 10.2 Å². The van der Waals surface area contributed by atoms with Crippen molar-refractivity contribution in [2.75, 3.05) is 44.2 Å². The molecule has 2 saturated heterocycles. The summed E-state index contributed by atoms with van der Waals surface area (Å²) in [4.78, 5) is 17.0. The second-order valence-corrected chi connectivity index (χ2v) is 6.99. The normalized spacial score (nSPS) is 23.6. The first-order valence-corrected chi connectivity index (χ1v) is 9.02. The zero-order chi connectivity index (χ0) is 16.1. The molecule has 1 aromatic carbocycles. The number of amides is 1. The maximum Gasteiger partial charge on any atom is 0.222 e. The third-order valence-corrected chi connectivity index (χ3v) is 5.39. The summed E-state index contributed by atoms with van der Waals surface area (Å²) in [5.74, 6) is 1.50. The Balaban J connectivity index is 1.46. The van der Waals surface area contributed by atoms with Crippen molar-refractivity contribution in [2.45, 2.75) is 26.2 Å². The van der Waals surface area contributed by atoms with Crippen LogP contribution in [0.4, 0.5) is 5.69 Å². The SMILES string of the molecule is CC(CC(=O)N1CCN(c2ccccc2)CC1)C1CCCNC1. The van der Waals surface area contributed by atoms with Crippen molar-refractivity contribution in [2.24, 2.45) is 11.8 Å². The molecule has 1 N–H and O–H groups in total. The summed E-state index contributed by atoms with van der Waals surface area (Å²) in [5, 5.41) is 3.46. The zero-order valence-corrected chi connectivity index (χ0v) is 14.2. The number of piperidine rings is 1. The lowest BCUT2D eigenvalue weighted by Crippen LogP contribution is -2.49. The van der Waals surface area contributed by atoms with Gasteiger partial charge in [0.05, 0.1) is 0 Å². The maximum atomic E-state index is 12.6. The predicted octanol–water partition coefficient (Wildman–Crippen LogP) is 2.36. The Kier molecular flexibility index (Phi) is 5.55. The second kappa shape index (κ2) is 7.82. The van der Waals surface area contributed by atoms with Gasteiger partial charge in [0.1, 0.15) is 0 Å². The number of carbonyl (C=O) groups excluding carboxylic acids is 1. The zero-order valence-electron chi connectivity index (χ0n) is 14.2. The van der Waals surface area contributed by atoms with Gasteiger partial charge in [-0.3, -0.25) is 4.79 Å². The molecular formula is C19H29N3O. The van der Waals surface area contributed by atoms with Crippen molar-refractivity contribution in [3.63, 3.8) is 0 Å². The third-order valence-electron chi connectivity index (χ3n) is 5.39. The van der Waals surface area contributed by atoms with Crippen LogP contribution in [0, 0.1) is 11.8 Å². The highest BCUT2D eigenvalue weighted by Gasteiger charge is 2.26. The highest BCUT2D eigenvalue weighted by molar-refractivity contribution is 5.76. The lowest BCUT2D eigenvalue weighted by atomic mass is 9.85. The third kappa shape index (κ3) is 4.25. The molecule has 1 aromatic rings. The fourth-order valence-corrected chi connectivity index (χ4v) is 3.79. The average molecular weight is 315 g/mol. The van der Waals surface area contributed by atoms with Crippen molar-refractivity contribution in [1.29, 1.82) is 0 Å². The van der Waals surface area contributed by atoms with E-state index in [-0.39, 0.29) is 0 Å². The standard InChI is InChI=1S/C19H29N3O/c1-16(17-6-5-9-20-15-17)14-19(23)22-12-10-21(11-13-22)18-7-3-2-4-8-18/h2-4,7-8,16-17,20H,5-6,9-15H2,1H3. The molecule has 3 rings (SSSR count). The Labute approximate surface area is 139 Å². The average Bonchev–Trinajstić information content (AvgIpc) is 2.63. The molecule has 0 spiro atoms. The Bertz CT molecular complexity index is 491. The number of para-hydroxylation sites is 1. The molecule has 0 aliphatic carbocycles. The van der Waals surface area contributed by atoms with E-state index >= 15 is 0 Å². The van der Waals surface area contributed by atoms with Crippen LogP contribution in [0.25, 0.3) is 0 Å². The van der Waals surface area contributed by atoms with Crippen LogP contribution in [-0.4, -0.2) is 50.1 Å².